The molecule has 1 rings (SSSR count). The van der Waals surface area contributed by atoms with Crippen molar-refractivity contribution < 1.29 is 9.90 Å². The second kappa shape index (κ2) is 5.19. The minimum absolute atomic E-state index is 0.372. The van der Waals surface area contributed by atoms with E-state index >= 15 is 0 Å². The number of hydrogen-bond donors (Lipinski definition) is 3. The van der Waals surface area contributed by atoms with E-state index in [0.29, 0.717) is 5.92 Å². The number of nitrogens with one attached hydrogen (secondary N) is 2. The molecule has 4 heteroatoms. The fourth-order valence-corrected chi connectivity index (χ4v) is 1.79. The van der Waals surface area contributed by atoms with Crippen molar-refractivity contribution >= 4 is 5.97 Å². The molecule has 0 bridgehead atoms. The summed E-state index contributed by atoms with van der Waals surface area (Å²) in [5.74, 6) is -0.171. The molecule has 1 saturated heterocycles. The van der Waals surface area contributed by atoms with E-state index in [2.05, 4.69) is 10.6 Å². The van der Waals surface area contributed by atoms with Gasteiger partial charge in [-0.15, -0.1) is 0 Å². The Balaban J connectivity index is 2.31. The Kier molecular flexibility index (Phi) is 4.18. The van der Waals surface area contributed by atoms with Gasteiger partial charge >= 0.3 is 5.97 Å². The summed E-state index contributed by atoms with van der Waals surface area (Å²) in [5, 5.41) is 14.9. The Morgan fingerprint density at radius 3 is 2.69 bits per heavy atom. The van der Waals surface area contributed by atoms with E-state index in [1.807, 2.05) is 0 Å². The molecular weight excluding hydrogens is 168 g/mol. The van der Waals surface area contributed by atoms with Gasteiger partial charge in [-0.25, -0.2) is 0 Å². The predicted molar refractivity (Wildman–Crippen MR) is 50.7 cm³/mol. The molecule has 0 aliphatic carbocycles. The van der Waals surface area contributed by atoms with Crippen LogP contribution in [0.15, 0.2) is 0 Å². The minimum Gasteiger partial charge on any atom is -0.480 e. The van der Waals surface area contributed by atoms with Crippen molar-refractivity contribution in [1.29, 1.82) is 0 Å². The van der Waals surface area contributed by atoms with Gasteiger partial charge in [-0.2, -0.15) is 0 Å². The lowest BCUT2D eigenvalue weighted by atomic mass is 9.91. The zero-order chi connectivity index (χ0) is 9.68. The standard InChI is InChI=1S/C9H18N2O2/c1-10-8(9(12)13)6-7-2-4-11-5-3-7/h7-8,10-11H,2-6H2,1H3,(H,12,13). The molecule has 0 aromatic heterocycles. The van der Waals surface area contributed by atoms with Crippen molar-refractivity contribution in [3.05, 3.63) is 0 Å². The van der Waals surface area contributed by atoms with Crippen LogP contribution in [0.3, 0.4) is 0 Å². The lowest BCUT2D eigenvalue weighted by molar-refractivity contribution is -0.139. The van der Waals surface area contributed by atoms with Crippen LogP contribution in [-0.4, -0.2) is 37.3 Å². The average Bonchev–Trinajstić information content (AvgIpc) is 2.15. The average molecular weight is 186 g/mol. The third-order valence-electron chi connectivity index (χ3n) is 2.67. The first-order chi connectivity index (χ1) is 6.24. The van der Waals surface area contributed by atoms with Gasteiger partial charge in [0.05, 0.1) is 0 Å². The number of carbonyl (C=O) groups is 1. The number of aliphatic carboxylic acids is 1. The largest absolute Gasteiger partial charge is 0.480 e. The van der Waals surface area contributed by atoms with E-state index in [-0.39, 0.29) is 6.04 Å². The van der Waals surface area contributed by atoms with E-state index in [4.69, 9.17) is 5.11 Å². The van der Waals surface area contributed by atoms with Crippen molar-refractivity contribution in [3.8, 4) is 0 Å². The Labute approximate surface area is 78.7 Å². The van der Waals surface area contributed by atoms with Crippen LogP contribution in [0.5, 0.6) is 0 Å². The molecule has 1 unspecified atom stereocenters. The predicted octanol–water partition coefficient (Wildman–Crippen LogP) is 0.0487. The first-order valence-corrected chi connectivity index (χ1v) is 4.85. The molecule has 0 aromatic rings. The highest BCUT2D eigenvalue weighted by Gasteiger charge is 2.21. The summed E-state index contributed by atoms with van der Waals surface area (Å²) in [4.78, 5) is 10.7. The van der Waals surface area contributed by atoms with E-state index in [9.17, 15) is 4.79 Å². The zero-order valence-electron chi connectivity index (χ0n) is 8.05. The molecule has 3 N–H and O–H groups in total. The molecule has 4 nitrogen and oxygen atoms in total. The number of likely N-dealkylation sites (N-methyl/N-ethyl adjacent to an activating group) is 1. The summed E-state index contributed by atoms with van der Waals surface area (Å²) in [6, 6.07) is -0.372. The second-order valence-corrected chi connectivity index (χ2v) is 3.61. The molecule has 0 saturated carbocycles. The normalized spacial score (nSPS) is 21.3. The van der Waals surface area contributed by atoms with Crippen molar-refractivity contribution in [2.24, 2.45) is 5.92 Å². The highest BCUT2D eigenvalue weighted by atomic mass is 16.4. The number of carboxylic acid groups (broad SMARTS) is 1. The Morgan fingerprint density at radius 1 is 1.62 bits per heavy atom. The number of rotatable bonds is 4. The van der Waals surface area contributed by atoms with E-state index in [1.165, 1.54) is 0 Å². The van der Waals surface area contributed by atoms with Crippen molar-refractivity contribution in [1.82, 2.24) is 10.6 Å². The van der Waals surface area contributed by atoms with Crippen LogP contribution >= 0.6 is 0 Å². The van der Waals surface area contributed by atoms with Gasteiger partial charge in [0, 0.05) is 0 Å². The van der Waals surface area contributed by atoms with Crippen LogP contribution in [0.4, 0.5) is 0 Å². The van der Waals surface area contributed by atoms with Gasteiger partial charge in [0.15, 0.2) is 0 Å². The van der Waals surface area contributed by atoms with Crippen molar-refractivity contribution in [2.75, 3.05) is 20.1 Å². The number of piperidine rings is 1. The molecular formula is C9H18N2O2. The summed E-state index contributed by atoms with van der Waals surface area (Å²) in [5.41, 5.74) is 0. The fourth-order valence-electron chi connectivity index (χ4n) is 1.79. The Morgan fingerprint density at radius 2 is 2.23 bits per heavy atom. The van der Waals surface area contributed by atoms with Crippen LogP contribution in [0.25, 0.3) is 0 Å². The molecule has 1 fully saturated rings. The summed E-state index contributed by atoms with van der Waals surface area (Å²) in [6.45, 7) is 2.06. The summed E-state index contributed by atoms with van der Waals surface area (Å²) in [7, 11) is 1.71. The molecule has 1 atom stereocenters. The van der Waals surface area contributed by atoms with Crippen LogP contribution < -0.4 is 10.6 Å². The molecule has 0 spiro atoms. The van der Waals surface area contributed by atoms with Crippen LogP contribution in [-0.2, 0) is 4.79 Å². The molecule has 76 valence electrons. The number of hydrogen-bond acceptors (Lipinski definition) is 3. The highest BCUT2D eigenvalue weighted by Crippen LogP contribution is 2.17. The van der Waals surface area contributed by atoms with E-state index in [1.54, 1.807) is 7.05 Å². The van der Waals surface area contributed by atoms with Gasteiger partial charge < -0.3 is 15.7 Å². The third kappa shape index (κ3) is 3.32. The van der Waals surface area contributed by atoms with E-state index in [0.717, 1.165) is 32.4 Å². The topological polar surface area (TPSA) is 61.4 Å². The van der Waals surface area contributed by atoms with Gasteiger partial charge in [-0.3, -0.25) is 4.79 Å². The maximum absolute atomic E-state index is 10.7. The number of carboxylic acids is 1. The zero-order valence-corrected chi connectivity index (χ0v) is 8.05. The molecule has 13 heavy (non-hydrogen) atoms. The smallest absolute Gasteiger partial charge is 0.320 e. The molecule has 1 aliphatic rings. The van der Waals surface area contributed by atoms with E-state index < -0.39 is 5.97 Å². The van der Waals surface area contributed by atoms with Gasteiger partial charge in [-0.1, -0.05) is 0 Å². The summed E-state index contributed by atoms with van der Waals surface area (Å²) < 4.78 is 0. The van der Waals surface area contributed by atoms with Crippen molar-refractivity contribution in [2.45, 2.75) is 25.3 Å². The first-order valence-electron chi connectivity index (χ1n) is 4.85. The quantitative estimate of drug-likeness (QED) is 0.580. The van der Waals surface area contributed by atoms with Crippen LogP contribution in [0.1, 0.15) is 19.3 Å². The minimum atomic E-state index is -0.735. The van der Waals surface area contributed by atoms with Gasteiger partial charge in [0.1, 0.15) is 6.04 Å². The highest BCUT2D eigenvalue weighted by molar-refractivity contribution is 5.73. The SMILES string of the molecule is CNC(CC1CCNCC1)C(=O)O. The summed E-state index contributed by atoms with van der Waals surface area (Å²) in [6.07, 6.45) is 2.96. The van der Waals surface area contributed by atoms with Gasteiger partial charge in [0.2, 0.25) is 0 Å². The Bertz CT molecular complexity index is 167. The monoisotopic (exact) mass is 186 g/mol. The molecule has 0 amide bonds. The second-order valence-electron chi connectivity index (χ2n) is 3.61. The first kappa shape index (κ1) is 10.5. The molecule has 0 radical (unpaired) electrons. The lowest BCUT2D eigenvalue weighted by Gasteiger charge is -2.24. The van der Waals surface area contributed by atoms with Gasteiger partial charge in [0.25, 0.3) is 0 Å². The van der Waals surface area contributed by atoms with Gasteiger partial charge in [-0.05, 0) is 45.3 Å². The van der Waals surface area contributed by atoms with Crippen molar-refractivity contribution in [3.63, 3.8) is 0 Å². The maximum Gasteiger partial charge on any atom is 0.320 e. The maximum atomic E-state index is 10.7. The third-order valence-corrected chi connectivity index (χ3v) is 2.67. The molecule has 0 aromatic carbocycles. The Hall–Kier alpha value is -0.610. The van der Waals surface area contributed by atoms with Crippen LogP contribution in [0, 0.1) is 5.92 Å². The lowest BCUT2D eigenvalue weighted by Crippen LogP contribution is -2.38. The summed E-state index contributed by atoms with van der Waals surface area (Å²) >= 11 is 0. The van der Waals surface area contributed by atoms with Crippen LogP contribution in [0.2, 0.25) is 0 Å². The fraction of sp³-hybridized carbons (Fsp3) is 0.889. The molecule has 1 aliphatic heterocycles. The molecule has 1 heterocycles.